The predicted molar refractivity (Wildman–Crippen MR) is 114 cm³/mol. The van der Waals surface area contributed by atoms with Gasteiger partial charge >= 0.3 is 5.97 Å². The van der Waals surface area contributed by atoms with Crippen molar-refractivity contribution < 1.29 is 23.9 Å². The molecular weight excluding hydrogens is 382 g/mol. The summed E-state index contributed by atoms with van der Waals surface area (Å²) in [5, 5.41) is 0. The number of amides is 1. The number of carbonyl (C=O) groups is 3. The minimum atomic E-state index is -0.843. The molecule has 1 aliphatic heterocycles. The molecule has 1 amide bonds. The Morgan fingerprint density at radius 1 is 1.10 bits per heavy atom. The monoisotopic (exact) mass is 409 g/mol. The van der Waals surface area contributed by atoms with E-state index < -0.39 is 12.1 Å². The average molecular weight is 409 g/mol. The largest absolute Gasteiger partial charge is 0.479 e. The summed E-state index contributed by atoms with van der Waals surface area (Å²) in [5.41, 5.74) is 3.21. The summed E-state index contributed by atoms with van der Waals surface area (Å²) in [4.78, 5) is 38.0. The van der Waals surface area contributed by atoms with E-state index in [0.29, 0.717) is 11.3 Å². The number of hydrogen-bond acceptors (Lipinski definition) is 5. The second kappa shape index (κ2) is 8.30. The molecule has 0 unspecified atom stereocenters. The minimum absolute atomic E-state index is 0.0115. The Bertz CT molecular complexity index is 972. The first-order chi connectivity index (χ1) is 14.1. The number of rotatable bonds is 6. The zero-order valence-electron chi connectivity index (χ0n) is 18.0. The SMILES string of the molecule is C[C@@H](Oc1ccc(C(C)(C)C)cc1)C(=O)OCC(=O)c1ccc2c(c1)CC(=O)N2C. The summed E-state index contributed by atoms with van der Waals surface area (Å²) in [5.74, 6) is -0.386. The smallest absolute Gasteiger partial charge is 0.347 e. The first-order valence-corrected chi connectivity index (χ1v) is 9.93. The quantitative estimate of drug-likeness (QED) is 0.537. The summed E-state index contributed by atoms with van der Waals surface area (Å²) in [6.45, 7) is 7.57. The van der Waals surface area contributed by atoms with Gasteiger partial charge in [0.2, 0.25) is 5.91 Å². The van der Waals surface area contributed by atoms with E-state index >= 15 is 0 Å². The van der Waals surface area contributed by atoms with Gasteiger partial charge in [-0.15, -0.1) is 0 Å². The van der Waals surface area contributed by atoms with Gasteiger partial charge in [-0.1, -0.05) is 32.9 Å². The molecule has 0 radical (unpaired) electrons. The van der Waals surface area contributed by atoms with Crippen molar-refractivity contribution in [3.8, 4) is 5.75 Å². The summed E-state index contributed by atoms with van der Waals surface area (Å²) < 4.78 is 10.8. The van der Waals surface area contributed by atoms with Crippen molar-refractivity contribution in [1.29, 1.82) is 0 Å². The Hall–Kier alpha value is -3.15. The van der Waals surface area contributed by atoms with Crippen molar-refractivity contribution in [2.45, 2.75) is 45.6 Å². The third-order valence-electron chi connectivity index (χ3n) is 5.19. The molecular formula is C24H27NO5. The highest BCUT2D eigenvalue weighted by molar-refractivity contribution is 6.04. The molecule has 2 aromatic rings. The van der Waals surface area contributed by atoms with Crippen molar-refractivity contribution in [3.05, 3.63) is 59.2 Å². The number of nitrogens with zero attached hydrogens (tertiary/aromatic N) is 1. The van der Waals surface area contributed by atoms with Crippen LogP contribution in [-0.2, 0) is 26.2 Å². The average Bonchev–Trinajstić information content (AvgIpc) is 2.98. The Morgan fingerprint density at radius 2 is 1.77 bits per heavy atom. The zero-order valence-corrected chi connectivity index (χ0v) is 18.0. The normalized spacial score (nSPS) is 14.3. The van der Waals surface area contributed by atoms with Crippen LogP contribution in [0.15, 0.2) is 42.5 Å². The fourth-order valence-electron chi connectivity index (χ4n) is 3.27. The van der Waals surface area contributed by atoms with Gasteiger partial charge in [0.1, 0.15) is 5.75 Å². The van der Waals surface area contributed by atoms with Crippen molar-refractivity contribution in [2.24, 2.45) is 0 Å². The highest BCUT2D eigenvalue weighted by atomic mass is 16.6. The lowest BCUT2D eigenvalue weighted by Crippen LogP contribution is -2.28. The standard InChI is InChI=1S/C24H27NO5/c1-15(30-19-9-7-18(8-10-19)24(2,3)4)23(28)29-14-21(26)16-6-11-20-17(12-16)13-22(27)25(20)5/h6-12,15H,13-14H2,1-5H3/t15-/m1/s1. The van der Waals surface area contributed by atoms with E-state index in [1.54, 1.807) is 37.1 Å². The number of carbonyl (C=O) groups excluding carboxylic acids is 3. The summed E-state index contributed by atoms with van der Waals surface area (Å²) in [6.07, 6.45) is -0.574. The maximum atomic E-state index is 12.4. The van der Waals surface area contributed by atoms with Crippen LogP contribution in [0, 0.1) is 0 Å². The van der Waals surface area contributed by atoms with Crippen LogP contribution in [-0.4, -0.2) is 37.4 Å². The number of Topliss-reactive ketones (excluding diaryl/α,β-unsaturated/α-hetero) is 1. The molecule has 6 heteroatoms. The van der Waals surface area contributed by atoms with E-state index in [1.165, 1.54) is 0 Å². The lowest BCUT2D eigenvalue weighted by Gasteiger charge is -2.20. The van der Waals surface area contributed by atoms with Crippen molar-refractivity contribution in [2.75, 3.05) is 18.6 Å². The minimum Gasteiger partial charge on any atom is -0.479 e. The topological polar surface area (TPSA) is 72.9 Å². The van der Waals surface area contributed by atoms with E-state index in [1.807, 2.05) is 24.3 Å². The first-order valence-electron chi connectivity index (χ1n) is 9.93. The number of fused-ring (bicyclic) bond motifs is 1. The van der Waals surface area contributed by atoms with E-state index in [4.69, 9.17) is 9.47 Å². The van der Waals surface area contributed by atoms with Gasteiger partial charge in [0.05, 0.1) is 6.42 Å². The molecule has 1 atom stereocenters. The molecule has 0 spiro atoms. The molecule has 0 aliphatic carbocycles. The molecule has 158 valence electrons. The number of benzene rings is 2. The second-order valence-electron chi connectivity index (χ2n) is 8.54. The van der Waals surface area contributed by atoms with E-state index in [2.05, 4.69) is 20.8 Å². The van der Waals surface area contributed by atoms with Crippen LogP contribution in [0.5, 0.6) is 5.75 Å². The van der Waals surface area contributed by atoms with Crippen LogP contribution in [0.1, 0.15) is 49.2 Å². The molecule has 6 nitrogen and oxygen atoms in total. The van der Waals surface area contributed by atoms with Gasteiger partial charge in [0.15, 0.2) is 18.5 Å². The molecule has 0 bridgehead atoms. The van der Waals surface area contributed by atoms with Crippen LogP contribution in [0.4, 0.5) is 5.69 Å². The van der Waals surface area contributed by atoms with E-state index in [9.17, 15) is 14.4 Å². The van der Waals surface area contributed by atoms with Gasteiger partial charge in [-0.05, 0) is 53.8 Å². The first kappa shape index (κ1) is 21.6. The van der Waals surface area contributed by atoms with Gasteiger partial charge in [-0.25, -0.2) is 4.79 Å². The van der Waals surface area contributed by atoms with Crippen LogP contribution < -0.4 is 9.64 Å². The third-order valence-corrected chi connectivity index (χ3v) is 5.19. The summed E-state index contributed by atoms with van der Waals surface area (Å²) in [6, 6.07) is 12.6. The molecule has 1 heterocycles. The maximum absolute atomic E-state index is 12.4. The van der Waals surface area contributed by atoms with E-state index in [-0.39, 0.29) is 30.1 Å². The predicted octanol–water partition coefficient (Wildman–Crippen LogP) is 3.70. The second-order valence-corrected chi connectivity index (χ2v) is 8.54. The molecule has 3 rings (SSSR count). The fraction of sp³-hybridized carbons (Fsp3) is 0.375. The molecule has 0 fully saturated rings. The molecule has 0 aromatic heterocycles. The van der Waals surface area contributed by atoms with Crippen molar-refractivity contribution in [1.82, 2.24) is 0 Å². The molecule has 1 aliphatic rings. The van der Waals surface area contributed by atoms with Gasteiger partial charge in [-0.2, -0.15) is 0 Å². The number of ketones is 1. The Balaban J connectivity index is 1.54. The Kier molecular flexibility index (Phi) is 5.97. The maximum Gasteiger partial charge on any atom is 0.347 e. The Morgan fingerprint density at radius 3 is 2.40 bits per heavy atom. The van der Waals surface area contributed by atoms with E-state index in [0.717, 1.165) is 16.8 Å². The number of hydrogen-bond donors (Lipinski definition) is 0. The number of esters is 1. The highest BCUT2D eigenvalue weighted by Gasteiger charge is 2.25. The van der Waals surface area contributed by atoms with Gasteiger partial charge < -0.3 is 14.4 Å². The Labute approximate surface area is 176 Å². The number of likely N-dealkylation sites (N-methyl/N-ethyl adjacent to an activating group) is 1. The van der Waals surface area contributed by atoms with Crippen LogP contribution in [0.3, 0.4) is 0 Å². The number of anilines is 1. The molecule has 0 N–H and O–H groups in total. The number of ether oxygens (including phenoxy) is 2. The lowest BCUT2D eigenvalue weighted by molar-refractivity contribution is -0.149. The summed E-state index contributed by atoms with van der Waals surface area (Å²) >= 11 is 0. The zero-order chi connectivity index (χ0) is 22.1. The lowest BCUT2D eigenvalue weighted by atomic mass is 9.87. The van der Waals surface area contributed by atoms with Crippen LogP contribution in [0.25, 0.3) is 0 Å². The highest BCUT2D eigenvalue weighted by Crippen LogP contribution is 2.28. The third kappa shape index (κ3) is 4.70. The van der Waals surface area contributed by atoms with Gasteiger partial charge in [0.25, 0.3) is 0 Å². The van der Waals surface area contributed by atoms with Gasteiger partial charge in [0, 0.05) is 18.3 Å². The fourth-order valence-corrected chi connectivity index (χ4v) is 3.27. The van der Waals surface area contributed by atoms with Crippen molar-refractivity contribution in [3.63, 3.8) is 0 Å². The van der Waals surface area contributed by atoms with Crippen molar-refractivity contribution >= 4 is 23.3 Å². The van der Waals surface area contributed by atoms with Gasteiger partial charge in [-0.3, -0.25) is 9.59 Å². The molecule has 0 saturated heterocycles. The van der Waals surface area contributed by atoms with Crippen LogP contribution in [0.2, 0.25) is 0 Å². The van der Waals surface area contributed by atoms with Crippen LogP contribution >= 0.6 is 0 Å². The molecule has 0 saturated carbocycles. The molecule has 30 heavy (non-hydrogen) atoms. The molecule has 2 aromatic carbocycles. The summed E-state index contributed by atoms with van der Waals surface area (Å²) in [7, 11) is 1.70.